The van der Waals surface area contributed by atoms with Crippen molar-refractivity contribution in [2.75, 3.05) is 7.05 Å². The van der Waals surface area contributed by atoms with E-state index in [0.717, 1.165) is 23.1 Å². The Kier molecular flexibility index (Phi) is 3.26. The summed E-state index contributed by atoms with van der Waals surface area (Å²) in [6, 6.07) is 9.59. The van der Waals surface area contributed by atoms with Crippen molar-refractivity contribution in [3.63, 3.8) is 0 Å². The molecule has 1 unspecified atom stereocenters. The lowest BCUT2D eigenvalue weighted by Gasteiger charge is -2.33. The first-order valence-electron chi connectivity index (χ1n) is 6.95. The van der Waals surface area contributed by atoms with E-state index in [9.17, 15) is 23.1 Å². The van der Waals surface area contributed by atoms with Gasteiger partial charge in [-0.2, -0.15) is 13.2 Å². The Bertz CT molecular complexity index is 801. The number of carbonyl (C=O) groups excluding carboxylic acids is 1. The first-order valence-corrected chi connectivity index (χ1v) is 6.95. The van der Waals surface area contributed by atoms with Crippen molar-refractivity contribution in [2.45, 2.75) is 18.8 Å². The first-order chi connectivity index (χ1) is 10.7. The van der Waals surface area contributed by atoms with Crippen molar-refractivity contribution in [1.82, 2.24) is 4.90 Å². The van der Waals surface area contributed by atoms with Crippen LogP contribution in [0.3, 0.4) is 0 Å². The lowest BCUT2D eigenvalue weighted by molar-refractivity contribution is -0.137. The van der Waals surface area contributed by atoms with Crippen molar-refractivity contribution >= 4 is 5.91 Å². The highest BCUT2D eigenvalue weighted by Crippen LogP contribution is 2.44. The van der Waals surface area contributed by atoms with Crippen LogP contribution in [0.25, 0.3) is 0 Å². The molecule has 0 radical (unpaired) electrons. The first kappa shape index (κ1) is 15.6. The topological polar surface area (TPSA) is 40.5 Å². The van der Waals surface area contributed by atoms with Crippen LogP contribution in [-0.2, 0) is 11.9 Å². The third-order valence-electron chi connectivity index (χ3n) is 4.26. The molecule has 0 aliphatic carbocycles. The van der Waals surface area contributed by atoms with Crippen molar-refractivity contribution in [1.29, 1.82) is 0 Å². The molecule has 23 heavy (non-hydrogen) atoms. The second kappa shape index (κ2) is 4.83. The highest BCUT2D eigenvalue weighted by atomic mass is 19.4. The van der Waals surface area contributed by atoms with E-state index in [4.69, 9.17) is 0 Å². The molecule has 1 amide bonds. The molecule has 0 spiro atoms. The summed E-state index contributed by atoms with van der Waals surface area (Å²) in [5, 5.41) is 11.2. The summed E-state index contributed by atoms with van der Waals surface area (Å²) < 4.78 is 39.0. The second-order valence-corrected chi connectivity index (χ2v) is 5.61. The molecular weight excluding hydrogens is 307 g/mol. The number of halogens is 3. The molecule has 3 nitrogen and oxygen atoms in total. The maximum Gasteiger partial charge on any atom is 0.416 e. The number of hydrogen-bond donors (Lipinski definition) is 1. The Morgan fingerprint density at radius 2 is 1.74 bits per heavy atom. The van der Waals surface area contributed by atoms with Gasteiger partial charge in [-0.05, 0) is 30.7 Å². The molecule has 0 bridgehead atoms. The van der Waals surface area contributed by atoms with E-state index in [2.05, 4.69) is 0 Å². The summed E-state index contributed by atoms with van der Waals surface area (Å²) in [4.78, 5) is 13.4. The average molecular weight is 321 g/mol. The van der Waals surface area contributed by atoms with Crippen LogP contribution in [0.5, 0.6) is 0 Å². The van der Waals surface area contributed by atoms with Crippen molar-refractivity contribution in [3.8, 4) is 0 Å². The van der Waals surface area contributed by atoms with Crippen LogP contribution in [0.15, 0.2) is 42.5 Å². The number of aryl methyl sites for hydroxylation is 1. The zero-order valence-corrected chi connectivity index (χ0v) is 12.5. The molecule has 0 fully saturated rings. The molecule has 0 aromatic heterocycles. The van der Waals surface area contributed by atoms with Gasteiger partial charge in [0.15, 0.2) is 5.72 Å². The van der Waals surface area contributed by atoms with E-state index < -0.39 is 23.4 Å². The molecule has 0 saturated heterocycles. The highest BCUT2D eigenvalue weighted by Gasteiger charge is 2.49. The zero-order chi connectivity index (χ0) is 17.0. The number of rotatable bonds is 1. The monoisotopic (exact) mass is 321 g/mol. The van der Waals surface area contributed by atoms with E-state index in [-0.39, 0.29) is 11.1 Å². The van der Waals surface area contributed by atoms with Crippen LogP contribution in [0.4, 0.5) is 13.2 Å². The fourth-order valence-corrected chi connectivity index (χ4v) is 2.99. The maximum atomic E-state index is 13.0. The lowest BCUT2D eigenvalue weighted by atomic mass is 9.90. The van der Waals surface area contributed by atoms with E-state index >= 15 is 0 Å². The van der Waals surface area contributed by atoms with E-state index in [1.54, 1.807) is 31.2 Å². The van der Waals surface area contributed by atoms with Gasteiger partial charge in [-0.15, -0.1) is 0 Å². The molecule has 2 aromatic carbocycles. The number of carbonyl (C=O) groups is 1. The lowest BCUT2D eigenvalue weighted by Crippen LogP contribution is -2.42. The Morgan fingerprint density at radius 3 is 2.35 bits per heavy atom. The Labute approximate surface area is 131 Å². The number of fused-ring (bicyclic) bond motifs is 1. The number of aliphatic hydroxyl groups is 1. The van der Waals surface area contributed by atoms with Crippen molar-refractivity contribution in [3.05, 3.63) is 70.3 Å². The largest absolute Gasteiger partial charge is 0.416 e. The number of nitrogens with zero attached hydrogens (tertiary/aromatic N) is 1. The summed E-state index contributed by atoms with van der Waals surface area (Å²) in [5.74, 6) is -0.514. The van der Waals surface area contributed by atoms with Crippen LogP contribution in [-0.4, -0.2) is 23.0 Å². The van der Waals surface area contributed by atoms with Crippen molar-refractivity contribution in [2.24, 2.45) is 0 Å². The molecule has 1 aliphatic rings. The fraction of sp³-hybridized carbons (Fsp3) is 0.235. The van der Waals surface area contributed by atoms with Gasteiger partial charge in [0.05, 0.1) is 5.56 Å². The second-order valence-electron chi connectivity index (χ2n) is 5.61. The van der Waals surface area contributed by atoms with Gasteiger partial charge < -0.3 is 10.0 Å². The molecule has 1 aliphatic heterocycles. The third kappa shape index (κ3) is 2.13. The smallest absolute Gasteiger partial charge is 0.363 e. The molecule has 120 valence electrons. The fourth-order valence-electron chi connectivity index (χ4n) is 2.99. The quantitative estimate of drug-likeness (QED) is 0.875. The third-order valence-corrected chi connectivity index (χ3v) is 4.26. The van der Waals surface area contributed by atoms with Crippen molar-refractivity contribution < 1.29 is 23.1 Å². The van der Waals surface area contributed by atoms with Gasteiger partial charge in [-0.3, -0.25) is 4.79 Å². The zero-order valence-electron chi connectivity index (χ0n) is 12.5. The van der Waals surface area contributed by atoms with E-state index in [1.807, 2.05) is 0 Å². The van der Waals surface area contributed by atoms with Gasteiger partial charge in [0, 0.05) is 23.7 Å². The van der Waals surface area contributed by atoms with Gasteiger partial charge in [-0.1, -0.05) is 24.3 Å². The Morgan fingerprint density at radius 1 is 1.09 bits per heavy atom. The minimum Gasteiger partial charge on any atom is -0.363 e. The minimum atomic E-state index is -4.55. The molecule has 1 heterocycles. The summed E-state index contributed by atoms with van der Waals surface area (Å²) in [6.07, 6.45) is -4.55. The molecule has 0 saturated carbocycles. The predicted octanol–water partition coefficient (Wildman–Crippen LogP) is 3.29. The van der Waals surface area contributed by atoms with Gasteiger partial charge in [0.25, 0.3) is 5.91 Å². The summed E-state index contributed by atoms with van der Waals surface area (Å²) in [5.41, 5.74) is -1.72. The Balaban J connectivity index is 2.29. The number of hydrogen-bond acceptors (Lipinski definition) is 2. The molecular formula is C17H14F3NO2. The summed E-state index contributed by atoms with van der Waals surface area (Å²) in [6.45, 7) is 1.73. The van der Waals surface area contributed by atoms with Crippen LogP contribution >= 0.6 is 0 Å². The van der Waals surface area contributed by atoms with Crippen LogP contribution in [0.1, 0.15) is 32.6 Å². The summed E-state index contributed by atoms with van der Waals surface area (Å²) in [7, 11) is 1.38. The number of amides is 1. The normalized spacial score (nSPS) is 20.8. The molecule has 3 rings (SSSR count). The van der Waals surface area contributed by atoms with Crippen LogP contribution in [0.2, 0.25) is 0 Å². The average Bonchev–Trinajstić information content (AvgIpc) is 2.69. The van der Waals surface area contributed by atoms with Gasteiger partial charge in [0.1, 0.15) is 0 Å². The van der Waals surface area contributed by atoms with Gasteiger partial charge in [-0.25, -0.2) is 0 Å². The van der Waals surface area contributed by atoms with E-state index in [1.165, 1.54) is 7.05 Å². The molecule has 6 heteroatoms. The minimum absolute atomic E-state index is 0.0471. The van der Waals surface area contributed by atoms with Gasteiger partial charge >= 0.3 is 6.18 Å². The molecule has 1 N–H and O–H groups in total. The summed E-state index contributed by atoms with van der Waals surface area (Å²) >= 11 is 0. The number of alkyl halides is 3. The Hall–Kier alpha value is -2.34. The van der Waals surface area contributed by atoms with E-state index in [0.29, 0.717) is 11.1 Å². The standard InChI is InChI=1S/C17H14F3NO2/c1-10-5-3-4-6-13(10)16(23)14-9-11(17(18,19)20)7-8-12(14)15(22)21(16)2/h3-9,23H,1-2H3. The number of benzene rings is 2. The maximum absolute atomic E-state index is 13.0. The SMILES string of the molecule is Cc1ccccc1C1(O)c2cc(C(F)(F)F)ccc2C(=O)N1C. The molecule has 2 aromatic rings. The van der Waals surface area contributed by atoms with Crippen LogP contribution in [0, 0.1) is 6.92 Å². The van der Waals surface area contributed by atoms with Gasteiger partial charge in [0.2, 0.25) is 0 Å². The molecule has 1 atom stereocenters. The predicted molar refractivity (Wildman–Crippen MR) is 77.7 cm³/mol. The van der Waals surface area contributed by atoms with Crippen LogP contribution < -0.4 is 0 Å². The highest BCUT2D eigenvalue weighted by molar-refractivity contribution is 6.00.